The Labute approximate surface area is 131 Å². The van der Waals surface area contributed by atoms with Crippen LogP contribution in [0.15, 0.2) is 42.5 Å². The highest BCUT2D eigenvalue weighted by atomic mass is 35.5. The van der Waals surface area contributed by atoms with Gasteiger partial charge in [0.05, 0.1) is 0 Å². The van der Waals surface area contributed by atoms with Gasteiger partial charge in [0.2, 0.25) is 0 Å². The molecule has 0 amide bonds. The van der Waals surface area contributed by atoms with Crippen LogP contribution in [0.3, 0.4) is 0 Å². The summed E-state index contributed by atoms with van der Waals surface area (Å²) in [5.74, 6) is 0.991. The zero-order valence-electron chi connectivity index (χ0n) is 12.2. The van der Waals surface area contributed by atoms with Crippen LogP contribution in [-0.4, -0.2) is 6.04 Å². The Morgan fingerprint density at radius 3 is 2.76 bits per heavy atom. The minimum absolute atomic E-state index is 0.543. The van der Waals surface area contributed by atoms with Gasteiger partial charge in [-0.3, -0.25) is 0 Å². The maximum absolute atomic E-state index is 6.06. The molecule has 0 aliphatic heterocycles. The number of rotatable bonds is 6. The van der Waals surface area contributed by atoms with Crippen molar-refractivity contribution >= 4 is 11.6 Å². The Morgan fingerprint density at radius 1 is 1.19 bits per heavy atom. The molecule has 0 atom stereocenters. The molecule has 2 aromatic carbocycles. The van der Waals surface area contributed by atoms with Gasteiger partial charge in [-0.25, -0.2) is 0 Å². The van der Waals surface area contributed by atoms with Crippen molar-refractivity contribution in [2.75, 3.05) is 0 Å². The molecule has 0 heterocycles. The number of halogens is 1. The van der Waals surface area contributed by atoms with Crippen LogP contribution in [0.5, 0.6) is 5.75 Å². The van der Waals surface area contributed by atoms with E-state index in [1.54, 1.807) is 0 Å². The van der Waals surface area contributed by atoms with Crippen LogP contribution in [0.4, 0.5) is 0 Å². The largest absolute Gasteiger partial charge is 0.488 e. The van der Waals surface area contributed by atoms with Gasteiger partial charge < -0.3 is 10.1 Å². The summed E-state index contributed by atoms with van der Waals surface area (Å²) in [6.45, 7) is 3.51. The van der Waals surface area contributed by atoms with Gasteiger partial charge in [0.25, 0.3) is 0 Å². The predicted octanol–water partition coefficient (Wildman–Crippen LogP) is 4.48. The summed E-state index contributed by atoms with van der Waals surface area (Å²) in [5, 5.41) is 4.29. The highest BCUT2D eigenvalue weighted by Crippen LogP contribution is 2.26. The van der Waals surface area contributed by atoms with Gasteiger partial charge >= 0.3 is 0 Å². The van der Waals surface area contributed by atoms with Gasteiger partial charge in [-0.1, -0.05) is 41.9 Å². The van der Waals surface area contributed by atoms with Gasteiger partial charge in [0, 0.05) is 23.2 Å². The normalized spacial score (nSPS) is 14.2. The monoisotopic (exact) mass is 301 g/mol. The van der Waals surface area contributed by atoms with Crippen LogP contribution in [0.25, 0.3) is 0 Å². The lowest BCUT2D eigenvalue weighted by Crippen LogP contribution is -2.16. The Morgan fingerprint density at radius 2 is 2.00 bits per heavy atom. The summed E-state index contributed by atoms with van der Waals surface area (Å²) in [6.07, 6.45) is 2.59. The molecule has 3 heteroatoms. The number of nitrogens with one attached hydrogen (secondary N) is 1. The molecule has 0 saturated heterocycles. The fourth-order valence-corrected chi connectivity index (χ4v) is 2.60. The van der Waals surface area contributed by atoms with E-state index in [0.29, 0.717) is 12.6 Å². The van der Waals surface area contributed by atoms with Crippen molar-refractivity contribution in [2.45, 2.75) is 39.0 Å². The average molecular weight is 302 g/mol. The topological polar surface area (TPSA) is 21.3 Å². The van der Waals surface area contributed by atoms with Crippen LogP contribution in [0, 0.1) is 6.92 Å². The molecule has 1 fully saturated rings. The van der Waals surface area contributed by atoms with E-state index in [2.05, 4.69) is 30.4 Å². The lowest BCUT2D eigenvalue weighted by atomic mass is 10.1. The van der Waals surface area contributed by atoms with Crippen molar-refractivity contribution in [3.05, 3.63) is 64.2 Å². The van der Waals surface area contributed by atoms with E-state index in [0.717, 1.165) is 22.9 Å². The van der Waals surface area contributed by atoms with Crippen LogP contribution in [0.2, 0.25) is 5.02 Å². The fourth-order valence-electron chi connectivity index (χ4n) is 2.38. The lowest BCUT2D eigenvalue weighted by Gasteiger charge is -2.15. The molecule has 21 heavy (non-hydrogen) atoms. The molecule has 2 nitrogen and oxygen atoms in total. The first-order chi connectivity index (χ1) is 10.2. The molecule has 2 aromatic rings. The minimum atomic E-state index is 0.543. The summed E-state index contributed by atoms with van der Waals surface area (Å²) < 4.78 is 6.06. The molecular weight excluding hydrogens is 282 g/mol. The Hall–Kier alpha value is -1.51. The van der Waals surface area contributed by atoms with E-state index < -0.39 is 0 Å². The second-order valence-corrected chi connectivity index (χ2v) is 6.07. The van der Waals surface area contributed by atoms with Gasteiger partial charge in [0.1, 0.15) is 12.4 Å². The molecule has 0 unspecified atom stereocenters. The molecule has 0 radical (unpaired) electrons. The van der Waals surface area contributed by atoms with E-state index in [1.807, 2.05) is 24.3 Å². The van der Waals surface area contributed by atoms with Crippen molar-refractivity contribution in [3.63, 3.8) is 0 Å². The van der Waals surface area contributed by atoms with Gasteiger partial charge in [-0.05, 0) is 43.0 Å². The molecule has 3 rings (SSSR count). The van der Waals surface area contributed by atoms with E-state index >= 15 is 0 Å². The average Bonchev–Trinajstić information content (AvgIpc) is 3.28. The van der Waals surface area contributed by atoms with E-state index in [-0.39, 0.29) is 0 Å². The molecule has 110 valence electrons. The minimum Gasteiger partial charge on any atom is -0.488 e. The number of hydrogen-bond acceptors (Lipinski definition) is 2. The van der Waals surface area contributed by atoms with Crippen LogP contribution in [-0.2, 0) is 13.2 Å². The molecule has 1 saturated carbocycles. The Kier molecular flexibility index (Phi) is 4.47. The Balaban J connectivity index is 1.70. The van der Waals surface area contributed by atoms with Crippen molar-refractivity contribution in [1.82, 2.24) is 5.32 Å². The summed E-state index contributed by atoms with van der Waals surface area (Å²) in [6, 6.07) is 14.8. The smallest absolute Gasteiger partial charge is 0.127 e. The summed E-state index contributed by atoms with van der Waals surface area (Å²) in [4.78, 5) is 0. The molecule has 1 N–H and O–H groups in total. The maximum Gasteiger partial charge on any atom is 0.127 e. The summed E-state index contributed by atoms with van der Waals surface area (Å²) in [5.41, 5.74) is 3.49. The van der Waals surface area contributed by atoms with Gasteiger partial charge in [0.15, 0.2) is 0 Å². The van der Waals surface area contributed by atoms with Crippen molar-refractivity contribution in [2.24, 2.45) is 0 Å². The van der Waals surface area contributed by atoms with Crippen molar-refractivity contribution in [3.8, 4) is 5.75 Å². The summed E-state index contributed by atoms with van der Waals surface area (Å²) >= 11 is 6.02. The molecule has 0 spiro atoms. The first-order valence-corrected chi connectivity index (χ1v) is 7.79. The zero-order chi connectivity index (χ0) is 14.7. The third-order valence-electron chi connectivity index (χ3n) is 3.72. The van der Waals surface area contributed by atoms with Crippen molar-refractivity contribution < 1.29 is 4.74 Å². The number of aryl methyl sites for hydroxylation is 1. The number of hydrogen-bond donors (Lipinski definition) is 1. The molecule has 0 bridgehead atoms. The molecule has 1 aliphatic rings. The zero-order valence-corrected chi connectivity index (χ0v) is 13.0. The van der Waals surface area contributed by atoms with E-state index in [4.69, 9.17) is 16.3 Å². The third kappa shape index (κ3) is 3.99. The lowest BCUT2D eigenvalue weighted by molar-refractivity contribution is 0.300. The fraction of sp³-hybridized carbons (Fsp3) is 0.333. The first kappa shape index (κ1) is 14.4. The van der Waals surface area contributed by atoms with E-state index in [9.17, 15) is 0 Å². The quantitative estimate of drug-likeness (QED) is 0.849. The number of para-hydroxylation sites is 1. The maximum atomic E-state index is 6.06. The molecule has 1 aliphatic carbocycles. The second kappa shape index (κ2) is 6.50. The number of benzene rings is 2. The summed E-state index contributed by atoms with van der Waals surface area (Å²) in [7, 11) is 0. The molecular formula is C18H20ClNO. The third-order valence-corrected chi connectivity index (χ3v) is 3.96. The van der Waals surface area contributed by atoms with Crippen LogP contribution in [0.1, 0.15) is 29.5 Å². The highest BCUT2D eigenvalue weighted by Gasteiger charge is 2.20. The second-order valence-electron chi connectivity index (χ2n) is 5.64. The van der Waals surface area contributed by atoms with Gasteiger partial charge in [-0.15, -0.1) is 0 Å². The van der Waals surface area contributed by atoms with E-state index in [1.165, 1.54) is 24.0 Å². The molecule has 0 aromatic heterocycles. The Bertz CT molecular complexity index is 622. The van der Waals surface area contributed by atoms with Crippen molar-refractivity contribution in [1.29, 1.82) is 0 Å². The van der Waals surface area contributed by atoms with Crippen LogP contribution < -0.4 is 10.1 Å². The predicted molar refractivity (Wildman–Crippen MR) is 86.8 cm³/mol. The van der Waals surface area contributed by atoms with Gasteiger partial charge in [-0.2, -0.15) is 0 Å². The first-order valence-electron chi connectivity index (χ1n) is 7.41. The highest BCUT2D eigenvalue weighted by molar-refractivity contribution is 6.30. The van der Waals surface area contributed by atoms with Crippen LogP contribution >= 0.6 is 11.6 Å². The number of ether oxygens (including phenoxy) is 1. The standard InChI is InChI=1S/C18H20ClNO/c1-13-4-2-6-15(11-20-17-8-9-17)18(13)21-12-14-5-3-7-16(19)10-14/h2-7,10,17,20H,8-9,11-12H2,1H3. The SMILES string of the molecule is Cc1cccc(CNC2CC2)c1OCc1cccc(Cl)c1.